The van der Waals surface area contributed by atoms with E-state index in [4.69, 9.17) is 4.42 Å². The Morgan fingerprint density at radius 2 is 1.81 bits per heavy atom. The highest BCUT2D eigenvalue weighted by atomic mass is 127. The van der Waals surface area contributed by atoms with Gasteiger partial charge in [0.25, 0.3) is 0 Å². The van der Waals surface area contributed by atoms with Crippen molar-refractivity contribution < 1.29 is 4.42 Å². The summed E-state index contributed by atoms with van der Waals surface area (Å²) >= 11 is 0. The quantitative estimate of drug-likeness (QED) is 0.332. The van der Waals surface area contributed by atoms with Gasteiger partial charge >= 0.3 is 0 Å². The van der Waals surface area contributed by atoms with Crippen molar-refractivity contribution in [3.8, 4) is 11.5 Å². The number of aromatic nitrogens is 2. The molecule has 0 fully saturated rings. The van der Waals surface area contributed by atoms with Crippen LogP contribution in [0.1, 0.15) is 22.5 Å². The Balaban J connectivity index is 0.00000261. The minimum atomic E-state index is 0. The fourth-order valence-electron chi connectivity index (χ4n) is 2.48. The number of benzene rings is 1. The Labute approximate surface area is 176 Å². The van der Waals surface area contributed by atoms with Crippen molar-refractivity contribution in [2.75, 3.05) is 7.05 Å². The van der Waals surface area contributed by atoms with Crippen LogP contribution in [0.4, 0.5) is 0 Å². The number of halogens is 1. The molecule has 0 saturated heterocycles. The molecule has 0 unspecified atom stereocenters. The number of hydrogen-bond donors (Lipinski definition) is 2. The second-order valence-electron chi connectivity index (χ2n) is 6.06. The number of rotatable bonds is 5. The molecule has 0 aliphatic carbocycles. The molecule has 2 aromatic heterocycles. The highest BCUT2D eigenvalue weighted by molar-refractivity contribution is 14.0. The molecular formula is C20H24IN5O. The zero-order valence-corrected chi connectivity index (χ0v) is 18.0. The SMILES string of the molecule is CN=C(NCc1coc(-c2ccc(C)cc2)n1)NCc1ncccc1C.I. The number of nitrogens with one attached hydrogen (secondary N) is 2. The van der Waals surface area contributed by atoms with E-state index in [1.54, 1.807) is 19.5 Å². The normalized spacial score (nSPS) is 11.0. The Morgan fingerprint density at radius 1 is 1.07 bits per heavy atom. The molecule has 0 saturated carbocycles. The second-order valence-corrected chi connectivity index (χ2v) is 6.06. The van der Waals surface area contributed by atoms with Crippen LogP contribution in [0.25, 0.3) is 11.5 Å². The summed E-state index contributed by atoms with van der Waals surface area (Å²) in [5.74, 6) is 1.31. The molecule has 7 heteroatoms. The molecule has 0 aliphatic heterocycles. The molecule has 6 nitrogen and oxygen atoms in total. The first kappa shape index (κ1) is 20.9. The zero-order valence-electron chi connectivity index (χ0n) is 15.7. The van der Waals surface area contributed by atoms with Crippen molar-refractivity contribution >= 4 is 29.9 Å². The molecule has 0 bridgehead atoms. The van der Waals surface area contributed by atoms with E-state index < -0.39 is 0 Å². The van der Waals surface area contributed by atoms with Crippen LogP contribution in [0.15, 0.2) is 58.3 Å². The molecule has 2 heterocycles. The summed E-state index contributed by atoms with van der Waals surface area (Å²) in [6.07, 6.45) is 3.46. The number of aliphatic imine (C=N–C) groups is 1. The van der Waals surface area contributed by atoms with Gasteiger partial charge in [-0.15, -0.1) is 24.0 Å². The van der Waals surface area contributed by atoms with Crippen molar-refractivity contribution in [1.29, 1.82) is 0 Å². The van der Waals surface area contributed by atoms with Crippen LogP contribution in [0.3, 0.4) is 0 Å². The highest BCUT2D eigenvalue weighted by Crippen LogP contribution is 2.18. The average Bonchev–Trinajstić information content (AvgIpc) is 3.13. The van der Waals surface area contributed by atoms with E-state index in [9.17, 15) is 0 Å². The second kappa shape index (κ2) is 10.1. The van der Waals surface area contributed by atoms with Gasteiger partial charge in [0, 0.05) is 18.8 Å². The molecule has 142 valence electrons. The predicted molar refractivity (Wildman–Crippen MR) is 118 cm³/mol. The third kappa shape index (κ3) is 5.78. The van der Waals surface area contributed by atoms with Crippen LogP contribution >= 0.6 is 24.0 Å². The molecule has 0 aliphatic rings. The van der Waals surface area contributed by atoms with Crippen LogP contribution < -0.4 is 10.6 Å². The zero-order chi connectivity index (χ0) is 18.4. The highest BCUT2D eigenvalue weighted by Gasteiger charge is 2.08. The third-order valence-electron chi connectivity index (χ3n) is 4.05. The van der Waals surface area contributed by atoms with Gasteiger partial charge in [0.1, 0.15) is 6.26 Å². The summed E-state index contributed by atoms with van der Waals surface area (Å²) in [5, 5.41) is 6.50. The molecule has 0 atom stereocenters. The Hall–Kier alpha value is -2.42. The number of hydrogen-bond acceptors (Lipinski definition) is 4. The van der Waals surface area contributed by atoms with Gasteiger partial charge in [0.05, 0.1) is 24.5 Å². The van der Waals surface area contributed by atoms with Crippen LogP contribution in [-0.2, 0) is 13.1 Å². The number of pyridine rings is 1. The lowest BCUT2D eigenvalue weighted by Gasteiger charge is -2.11. The first-order chi connectivity index (χ1) is 12.7. The summed E-state index contributed by atoms with van der Waals surface area (Å²) < 4.78 is 5.58. The predicted octanol–water partition coefficient (Wildman–Crippen LogP) is 3.84. The van der Waals surface area contributed by atoms with Gasteiger partial charge in [0.2, 0.25) is 5.89 Å². The van der Waals surface area contributed by atoms with Crippen LogP contribution in [0.2, 0.25) is 0 Å². The monoisotopic (exact) mass is 477 g/mol. The van der Waals surface area contributed by atoms with E-state index in [0.29, 0.717) is 24.9 Å². The van der Waals surface area contributed by atoms with Crippen LogP contribution in [-0.4, -0.2) is 23.0 Å². The minimum Gasteiger partial charge on any atom is -0.444 e. The van der Waals surface area contributed by atoms with Crippen molar-refractivity contribution in [1.82, 2.24) is 20.6 Å². The molecule has 27 heavy (non-hydrogen) atoms. The summed E-state index contributed by atoms with van der Waals surface area (Å²) in [6, 6.07) is 12.1. The van der Waals surface area contributed by atoms with E-state index in [1.807, 2.05) is 43.3 Å². The summed E-state index contributed by atoms with van der Waals surface area (Å²) in [4.78, 5) is 13.1. The van der Waals surface area contributed by atoms with Gasteiger partial charge in [-0.2, -0.15) is 0 Å². The van der Waals surface area contributed by atoms with Crippen LogP contribution in [0.5, 0.6) is 0 Å². The maximum Gasteiger partial charge on any atom is 0.226 e. The van der Waals surface area contributed by atoms with Gasteiger partial charge in [-0.25, -0.2) is 4.98 Å². The van der Waals surface area contributed by atoms with Gasteiger partial charge in [0.15, 0.2) is 5.96 Å². The average molecular weight is 477 g/mol. The van der Waals surface area contributed by atoms with Crippen molar-refractivity contribution in [3.05, 3.63) is 71.4 Å². The molecule has 0 radical (unpaired) electrons. The Bertz CT molecular complexity index is 889. The fourth-order valence-corrected chi connectivity index (χ4v) is 2.48. The molecule has 1 aromatic carbocycles. The minimum absolute atomic E-state index is 0. The smallest absolute Gasteiger partial charge is 0.226 e. The van der Waals surface area contributed by atoms with E-state index in [-0.39, 0.29) is 24.0 Å². The molecule has 3 aromatic rings. The molecular weight excluding hydrogens is 453 g/mol. The van der Waals surface area contributed by atoms with E-state index >= 15 is 0 Å². The molecule has 3 rings (SSSR count). The number of guanidine groups is 1. The largest absolute Gasteiger partial charge is 0.444 e. The standard InChI is InChI=1S/C20H23N5O.HI/c1-14-6-8-16(9-7-14)19-25-17(13-26-19)11-23-20(21-3)24-12-18-15(2)5-4-10-22-18;/h4-10,13H,11-12H2,1-3H3,(H2,21,23,24);1H. The maximum atomic E-state index is 5.58. The van der Waals surface area contributed by atoms with E-state index in [0.717, 1.165) is 22.5 Å². The lowest BCUT2D eigenvalue weighted by atomic mass is 10.1. The van der Waals surface area contributed by atoms with E-state index in [1.165, 1.54) is 5.56 Å². The summed E-state index contributed by atoms with van der Waals surface area (Å²) in [7, 11) is 1.74. The summed E-state index contributed by atoms with van der Waals surface area (Å²) in [5.41, 5.74) is 5.14. The first-order valence-electron chi connectivity index (χ1n) is 8.52. The third-order valence-corrected chi connectivity index (χ3v) is 4.05. The Kier molecular flexibility index (Phi) is 7.78. The lowest BCUT2D eigenvalue weighted by Crippen LogP contribution is -2.36. The molecule has 0 spiro atoms. The number of nitrogens with zero attached hydrogens (tertiary/aromatic N) is 3. The Morgan fingerprint density at radius 3 is 2.52 bits per heavy atom. The maximum absolute atomic E-state index is 5.58. The number of aryl methyl sites for hydroxylation is 2. The topological polar surface area (TPSA) is 75.3 Å². The van der Waals surface area contributed by atoms with Gasteiger partial charge in [-0.3, -0.25) is 9.98 Å². The van der Waals surface area contributed by atoms with Gasteiger partial charge in [-0.05, 0) is 37.6 Å². The lowest BCUT2D eigenvalue weighted by molar-refractivity contribution is 0.572. The molecule has 2 N–H and O–H groups in total. The van der Waals surface area contributed by atoms with Crippen LogP contribution in [0, 0.1) is 13.8 Å². The number of oxazole rings is 1. The molecule has 0 amide bonds. The van der Waals surface area contributed by atoms with Gasteiger partial charge < -0.3 is 15.1 Å². The van der Waals surface area contributed by atoms with E-state index in [2.05, 4.69) is 32.5 Å². The fraction of sp³-hybridized carbons (Fsp3) is 0.250. The first-order valence-corrected chi connectivity index (χ1v) is 8.52. The summed E-state index contributed by atoms with van der Waals surface area (Å²) in [6.45, 7) is 5.23. The van der Waals surface area contributed by atoms with Crippen molar-refractivity contribution in [2.45, 2.75) is 26.9 Å². The van der Waals surface area contributed by atoms with Crippen molar-refractivity contribution in [3.63, 3.8) is 0 Å². The van der Waals surface area contributed by atoms with Crippen molar-refractivity contribution in [2.24, 2.45) is 4.99 Å². The van der Waals surface area contributed by atoms with Gasteiger partial charge in [-0.1, -0.05) is 23.8 Å².